The topological polar surface area (TPSA) is 76.0 Å². The molecule has 3 heterocycles. The van der Waals surface area contributed by atoms with Gasteiger partial charge in [0, 0.05) is 47.2 Å². The predicted molar refractivity (Wildman–Crippen MR) is 153 cm³/mol. The van der Waals surface area contributed by atoms with E-state index in [1.165, 1.54) is 11.9 Å². The second-order valence-electron chi connectivity index (χ2n) is 9.56. The molecular weight excluding hydrogens is 510 g/mol. The Labute approximate surface area is 231 Å². The molecule has 1 atom stereocenters. The summed E-state index contributed by atoms with van der Waals surface area (Å²) in [6.07, 6.45) is 8.35. The van der Waals surface area contributed by atoms with Gasteiger partial charge < -0.3 is 14.6 Å². The average Bonchev–Trinajstić information content (AvgIpc) is 3.62. The number of nitrogens with one attached hydrogen (secondary N) is 1. The molecule has 3 aromatic carbocycles. The van der Waals surface area contributed by atoms with Crippen molar-refractivity contribution in [3.63, 3.8) is 0 Å². The predicted octanol–water partition coefficient (Wildman–Crippen LogP) is 6.07. The largest absolute Gasteiger partial charge is 0.494 e. The number of aromatic amines is 1. The summed E-state index contributed by atoms with van der Waals surface area (Å²) in [6, 6.07) is 23.6. The van der Waals surface area contributed by atoms with Crippen LogP contribution in [0.1, 0.15) is 34.8 Å². The average molecular weight is 538 g/mol. The van der Waals surface area contributed by atoms with Gasteiger partial charge in [-0.2, -0.15) is 5.10 Å². The number of carbonyl (C=O) groups is 1. The highest BCUT2D eigenvalue weighted by molar-refractivity contribution is 6.31. The van der Waals surface area contributed by atoms with E-state index in [1.807, 2.05) is 83.8 Å². The number of hydrogen-bond donors (Lipinski definition) is 1. The lowest BCUT2D eigenvalue weighted by molar-refractivity contribution is -0.128. The molecule has 8 heteroatoms. The van der Waals surface area contributed by atoms with Crippen molar-refractivity contribution in [2.45, 2.75) is 25.4 Å². The molecule has 0 fully saturated rings. The normalized spacial score (nSPS) is 15.1. The van der Waals surface area contributed by atoms with Gasteiger partial charge in [0.25, 0.3) is 0 Å². The zero-order valence-corrected chi connectivity index (χ0v) is 22.1. The molecule has 1 unspecified atom stereocenters. The summed E-state index contributed by atoms with van der Waals surface area (Å²) < 4.78 is 7.75. The third kappa shape index (κ3) is 5.45. The summed E-state index contributed by atoms with van der Waals surface area (Å²) in [5.41, 5.74) is 5.27. The van der Waals surface area contributed by atoms with Crippen LogP contribution < -0.4 is 4.74 Å². The Bertz CT molecular complexity index is 1590. The lowest BCUT2D eigenvalue weighted by Crippen LogP contribution is -2.39. The van der Waals surface area contributed by atoms with E-state index in [0.717, 1.165) is 52.9 Å². The molecule has 0 saturated carbocycles. The number of rotatable bonds is 8. The lowest BCUT2D eigenvalue weighted by Gasteiger charge is -2.35. The summed E-state index contributed by atoms with van der Waals surface area (Å²) in [4.78, 5) is 23.0. The van der Waals surface area contributed by atoms with Crippen LogP contribution in [0.3, 0.4) is 0 Å². The number of amides is 1. The number of nitrogens with zero attached hydrogens (tertiary/aromatic N) is 4. The first-order chi connectivity index (χ1) is 19.2. The Hall–Kier alpha value is -4.36. The zero-order valence-electron chi connectivity index (χ0n) is 21.3. The SMILES string of the molecule is O=C(/C=C/c1ccccc1)N1CCc2c([nH]c3ccc(Cl)cc23)C1c1ccc(OCCCn2cncn2)cc1. The summed E-state index contributed by atoms with van der Waals surface area (Å²) in [6.45, 7) is 1.93. The van der Waals surface area contributed by atoms with Gasteiger partial charge in [-0.1, -0.05) is 54.1 Å². The van der Waals surface area contributed by atoms with Crippen molar-refractivity contribution in [3.05, 3.63) is 119 Å². The fraction of sp³-hybridized carbons (Fsp3) is 0.194. The molecule has 196 valence electrons. The summed E-state index contributed by atoms with van der Waals surface area (Å²) in [5, 5.41) is 5.93. The minimum absolute atomic E-state index is 0.0281. The molecule has 39 heavy (non-hydrogen) atoms. The maximum atomic E-state index is 13.5. The molecular formula is C31H28ClN5O2. The van der Waals surface area contributed by atoms with Crippen molar-refractivity contribution in [2.75, 3.05) is 13.2 Å². The Kier molecular flexibility index (Phi) is 7.15. The van der Waals surface area contributed by atoms with E-state index in [-0.39, 0.29) is 11.9 Å². The van der Waals surface area contributed by atoms with Gasteiger partial charge in [0.1, 0.15) is 18.4 Å². The fourth-order valence-corrected chi connectivity index (χ4v) is 5.36. The first-order valence-electron chi connectivity index (χ1n) is 13.0. The molecule has 0 spiro atoms. The van der Waals surface area contributed by atoms with Crippen LogP contribution in [-0.4, -0.2) is 43.7 Å². The number of carbonyl (C=O) groups excluding carboxylic acids is 1. The summed E-state index contributed by atoms with van der Waals surface area (Å²) in [5.74, 6) is 0.762. The highest BCUT2D eigenvalue weighted by Gasteiger charge is 2.33. The second-order valence-corrected chi connectivity index (χ2v) is 10.0. The van der Waals surface area contributed by atoms with Gasteiger partial charge in [-0.3, -0.25) is 9.48 Å². The van der Waals surface area contributed by atoms with E-state index in [2.05, 4.69) is 15.1 Å². The van der Waals surface area contributed by atoms with E-state index in [4.69, 9.17) is 16.3 Å². The molecule has 1 aliphatic heterocycles. The van der Waals surface area contributed by atoms with Gasteiger partial charge in [-0.15, -0.1) is 0 Å². The van der Waals surface area contributed by atoms with Crippen molar-refractivity contribution in [3.8, 4) is 5.75 Å². The number of aromatic nitrogens is 4. The Morgan fingerprint density at radius 1 is 1.10 bits per heavy atom. The van der Waals surface area contributed by atoms with Crippen molar-refractivity contribution in [1.82, 2.24) is 24.6 Å². The van der Waals surface area contributed by atoms with Crippen LogP contribution in [0.2, 0.25) is 5.02 Å². The molecule has 7 nitrogen and oxygen atoms in total. The smallest absolute Gasteiger partial charge is 0.247 e. The highest BCUT2D eigenvalue weighted by Crippen LogP contribution is 2.39. The number of aryl methyl sites for hydroxylation is 1. The van der Waals surface area contributed by atoms with Gasteiger partial charge in [0.2, 0.25) is 5.91 Å². The third-order valence-corrected chi connectivity index (χ3v) is 7.29. The molecule has 0 radical (unpaired) electrons. The van der Waals surface area contributed by atoms with Crippen LogP contribution in [0.5, 0.6) is 5.75 Å². The second kappa shape index (κ2) is 11.2. The molecule has 1 aliphatic rings. The molecule has 5 aromatic rings. The molecule has 6 rings (SSSR count). The first kappa shape index (κ1) is 24.9. The minimum Gasteiger partial charge on any atom is -0.494 e. The third-order valence-electron chi connectivity index (χ3n) is 7.05. The van der Waals surface area contributed by atoms with Crippen LogP contribution in [0.4, 0.5) is 0 Å². The van der Waals surface area contributed by atoms with E-state index in [0.29, 0.717) is 18.2 Å². The number of halogens is 1. The molecule has 2 aromatic heterocycles. The van der Waals surface area contributed by atoms with Crippen LogP contribution in [-0.2, 0) is 17.8 Å². The number of H-pyrrole nitrogens is 1. The van der Waals surface area contributed by atoms with Gasteiger partial charge in [-0.05, 0) is 59.5 Å². The Balaban J connectivity index is 1.26. The summed E-state index contributed by atoms with van der Waals surface area (Å²) in [7, 11) is 0. The number of ether oxygens (including phenoxy) is 1. The molecule has 1 amide bonds. The summed E-state index contributed by atoms with van der Waals surface area (Å²) >= 11 is 6.34. The van der Waals surface area contributed by atoms with Crippen molar-refractivity contribution in [2.24, 2.45) is 0 Å². The van der Waals surface area contributed by atoms with E-state index in [1.54, 1.807) is 17.1 Å². The van der Waals surface area contributed by atoms with E-state index < -0.39 is 0 Å². The number of benzene rings is 3. The van der Waals surface area contributed by atoms with Gasteiger partial charge in [-0.25, -0.2) is 4.98 Å². The maximum Gasteiger partial charge on any atom is 0.247 e. The number of hydrogen-bond acceptors (Lipinski definition) is 4. The van der Waals surface area contributed by atoms with Gasteiger partial charge >= 0.3 is 0 Å². The number of fused-ring (bicyclic) bond motifs is 3. The van der Waals surface area contributed by atoms with Crippen LogP contribution in [0.25, 0.3) is 17.0 Å². The van der Waals surface area contributed by atoms with Crippen LogP contribution in [0.15, 0.2) is 91.5 Å². The van der Waals surface area contributed by atoms with Crippen LogP contribution in [0, 0.1) is 0 Å². The minimum atomic E-state index is -0.255. The van der Waals surface area contributed by atoms with Gasteiger partial charge in [0.05, 0.1) is 12.6 Å². The molecule has 1 N–H and O–H groups in total. The fourth-order valence-electron chi connectivity index (χ4n) is 5.18. The first-order valence-corrected chi connectivity index (χ1v) is 13.4. The van der Waals surface area contributed by atoms with Crippen LogP contribution >= 0.6 is 11.6 Å². The Morgan fingerprint density at radius 2 is 1.95 bits per heavy atom. The van der Waals surface area contributed by atoms with Crippen molar-refractivity contribution < 1.29 is 9.53 Å². The molecule has 0 bridgehead atoms. The quantitative estimate of drug-likeness (QED) is 0.192. The van der Waals surface area contributed by atoms with Gasteiger partial charge in [0.15, 0.2) is 0 Å². The van der Waals surface area contributed by atoms with Crippen molar-refractivity contribution >= 4 is 34.5 Å². The zero-order chi connectivity index (χ0) is 26.6. The maximum absolute atomic E-state index is 13.5. The Morgan fingerprint density at radius 3 is 2.74 bits per heavy atom. The lowest BCUT2D eigenvalue weighted by atomic mass is 9.92. The standard InChI is InChI=1S/C31H28ClN5O2/c32-24-10-13-28-27(19-24)26-15-17-37(29(38)14-7-22-5-2-1-3-6-22)31(30(26)35-28)23-8-11-25(12-9-23)39-18-4-16-36-21-33-20-34-36/h1-3,5-14,19-21,31,35H,4,15-18H2/b14-7+. The van der Waals surface area contributed by atoms with E-state index in [9.17, 15) is 4.79 Å². The molecule has 0 saturated heterocycles. The highest BCUT2D eigenvalue weighted by atomic mass is 35.5. The van der Waals surface area contributed by atoms with Crippen molar-refractivity contribution in [1.29, 1.82) is 0 Å². The molecule has 0 aliphatic carbocycles. The van der Waals surface area contributed by atoms with E-state index >= 15 is 0 Å². The monoisotopic (exact) mass is 537 g/mol.